The second-order valence-electron chi connectivity index (χ2n) is 6.55. The topological polar surface area (TPSA) is 75.4 Å². The molecule has 27 heavy (non-hydrogen) atoms. The van der Waals surface area contributed by atoms with Gasteiger partial charge in [0.25, 0.3) is 0 Å². The van der Waals surface area contributed by atoms with Crippen LogP contribution in [0.1, 0.15) is 36.4 Å². The molecule has 2 heterocycles. The van der Waals surface area contributed by atoms with E-state index in [1.165, 1.54) is 6.92 Å². The number of nitrogens with zero attached hydrogens (tertiary/aromatic N) is 2. The maximum absolute atomic E-state index is 12.7. The molecule has 136 valence electrons. The fourth-order valence-electron chi connectivity index (χ4n) is 3.42. The number of carbonyl (C=O) groups is 2. The van der Waals surface area contributed by atoms with Gasteiger partial charge in [-0.1, -0.05) is 24.3 Å². The van der Waals surface area contributed by atoms with Gasteiger partial charge in [-0.05, 0) is 35.4 Å². The number of nitrogens with one attached hydrogen (secondary N) is 1. The molecule has 1 N–H and O–H groups in total. The van der Waals surface area contributed by atoms with E-state index in [4.69, 9.17) is 4.42 Å². The van der Waals surface area contributed by atoms with E-state index in [1.807, 2.05) is 30.3 Å². The first-order chi connectivity index (χ1) is 13.0. The number of amides is 2. The predicted molar refractivity (Wildman–Crippen MR) is 103 cm³/mol. The molecule has 0 bridgehead atoms. The summed E-state index contributed by atoms with van der Waals surface area (Å²) in [5.41, 5.74) is 4.01. The number of aryl methyl sites for hydroxylation is 1. The zero-order chi connectivity index (χ0) is 19.0. The molecule has 2 amide bonds. The molecule has 1 aliphatic rings. The third kappa shape index (κ3) is 3.33. The molecule has 0 radical (unpaired) electrons. The lowest BCUT2D eigenvalue weighted by molar-refractivity contribution is -0.129. The first-order valence-corrected chi connectivity index (χ1v) is 8.74. The van der Waals surface area contributed by atoms with Crippen LogP contribution in [-0.4, -0.2) is 21.7 Å². The van der Waals surface area contributed by atoms with Crippen LogP contribution in [0.2, 0.25) is 0 Å². The van der Waals surface area contributed by atoms with Crippen molar-refractivity contribution in [1.82, 2.24) is 9.88 Å². The van der Waals surface area contributed by atoms with Crippen molar-refractivity contribution in [3.63, 3.8) is 0 Å². The monoisotopic (exact) mass is 361 g/mol. The summed E-state index contributed by atoms with van der Waals surface area (Å²) >= 11 is 0. The SMILES string of the molecule is CC(=O)N1C=Cc2ccccc2C1CC(=O)Nc1ccc2oc(C)nc2c1. The average Bonchev–Trinajstić information content (AvgIpc) is 3.01. The van der Waals surface area contributed by atoms with Crippen molar-refractivity contribution in [3.8, 4) is 0 Å². The van der Waals surface area contributed by atoms with Gasteiger partial charge >= 0.3 is 0 Å². The summed E-state index contributed by atoms with van der Waals surface area (Å²) in [5, 5.41) is 2.90. The molecule has 0 saturated carbocycles. The van der Waals surface area contributed by atoms with Gasteiger partial charge in [-0.15, -0.1) is 0 Å². The van der Waals surface area contributed by atoms with E-state index in [0.29, 0.717) is 22.7 Å². The Bertz CT molecular complexity index is 1070. The average molecular weight is 361 g/mol. The Balaban J connectivity index is 1.56. The standard InChI is InChI=1S/C21H19N3O3/c1-13-22-18-11-16(7-8-20(18)27-13)23-21(26)12-19-17-6-4-3-5-15(17)9-10-24(19)14(2)25/h3-11,19H,12H2,1-2H3,(H,23,26). The molecule has 1 aromatic heterocycles. The second-order valence-corrected chi connectivity index (χ2v) is 6.55. The summed E-state index contributed by atoms with van der Waals surface area (Å²) in [4.78, 5) is 30.6. The Morgan fingerprint density at radius 2 is 2.04 bits per heavy atom. The summed E-state index contributed by atoms with van der Waals surface area (Å²) < 4.78 is 5.45. The van der Waals surface area contributed by atoms with Crippen LogP contribution in [0, 0.1) is 6.92 Å². The van der Waals surface area contributed by atoms with Crippen molar-refractivity contribution >= 4 is 34.7 Å². The molecule has 0 aliphatic carbocycles. The molecule has 0 fully saturated rings. The Hall–Kier alpha value is -3.41. The van der Waals surface area contributed by atoms with Crippen LogP contribution in [0.15, 0.2) is 53.1 Å². The minimum absolute atomic E-state index is 0.0990. The van der Waals surface area contributed by atoms with E-state index >= 15 is 0 Å². The van der Waals surface area contributed by atoms with Crippen LogP contribution in [-0.2, 0) is 9.59 Å². The van der Waals surface area contributed by atoms with Gasteiger partial charge in [-0.3, -0.25) is 9.59 Å². The molecule has 1 atom stereocenters. The normalized spacial score (nSPS) is 15.6. The van der Waals surface area contributed by atoms with Gasteiger partial charge in [-0.25, -0.2) is 4.98 Å². The first-order valence-electron chi connectivity index (χ1n) is 8.74. The molecular formula is C21H19N3O3. The maximum Gasteiger partial charge on any atom is 0.226 e. The van der Waals surface area contributed by atoms with Crippen molar-refractivity contribution in [2.45, 2.75) is 26.3 Å². The fourth-order valence-corrected chi connectivity index (χ4v) is 3.42. The largest absolute Gasteiger partial charge is 0.441 e. The van der Waals surface area contributed by atoms with E-state index in [-0.39, 0.29) is 24.3 Å². The zero-order valence-electron chi connectivity index (χ0n) is 15.1. The third-order valence-electron chi connectivity index (χ3n) is 4.63. The quantitative estimate of drug-likeness (QED) is 0.764. The number of aromatic nitrogens is 1. The molecule has 3 aromatic rings. The molecule has 2 aromatic carbocycles. The van der Waals surface area contributed by atoms with Crippen LogP contribution in [0.5, 0.6) is 0 Å². The number of hydrogen-bond acceptors (Lipinski definition) is 4. The lowest BCUT2D eigenvalue weighted by atomic mass is 9.93. The highest BCUT2D eigenvalue weighted by Gasteiger charge is 2.28. The molecular weight excluding hydrogens is 342 g/mol. The number of hydrogen-bond donors (Lipinski definition) is 1. The number of carbonyl (C=O) groups excluding carboxylic acids is 2. The molecule has 4 rings (SSSR count). The van der Waals surface area contributed by atoms with Crippen molar-refractivity contribution < 1.29 is 14.0 Å². The summed E-state index contributed by atoms with van der Waals surface area (Å²) in [6.07, 6.45) is 3.80. The lowest BCUT2D eigenvalue weighted by Gasteiger charge is -2.32. The molecule has 1 unspecified atom stereocenters. The van der Waals surface area contributed by atoms with E-state index in [0.717, 1.165) is 11.1 Å². The number of rotatable bonds is 3. The van der Waals surface area contributed by atoms with Gasteiger partial charge in [0.2, 0.25) is 11.8 Å². The Labute approximate surface area is 156 Å². The van der Waals surface area contributed by atoms with E-state index in [1.54, 1.807) is 36.2 Å². The van der Waals surface area contributed by atoms with E-state index in [2.05, 4.69) is 10.3 Å². The number of oxazole rings is 1. The molecule has 0 saturated heterocycles. The Morgan fingerprint density at radius 1 is 1.22 bits per heavy atom. The maximum atomic E-state index is 12.7. The van der Waals surface area contributed by atoms with E-state index in [9.17, 15) is 9.59 Å². The predicted octanol–water partition coefficient (Wildman–Crippen LogP) is 4.04. The number of benzene rings is 2. The van der Waals surface area contributed by atoms with Gasteiger partial charge in [0, 0.05) is 25.7 Å². The lowest BCUT2D eigenvalue weighted by Crippen LogP contribution is -2.33. The summed E-state index contributed by atoms with van der Waals surface area (Å²) in [6.45, 7) is 3.28. The van der Waals surface area contributed by atoms with E-state index < -0.39 is 0 Å². The van der Waals surface area contributed by atoms with Gasteiger partial charge in [0.15, 0.2) is 11.5 Å². The van der Waals surface area contributed by atoms with Crippen molar-refractivity contribution in [1.29, 1.82) is 0 Å². The minimum Gasteiger partial charge on any atom is -0.441 e. The summed E-state index contributed by atoms with van der Waals surface area (Å²) in [6, 6.07) is 12.8. The van der Waals surface area contributed by atoms with Crippen LogP contribution in [0.3, 0.4) is 0 Å². The summed E-state index contributed by atoms with van der Waals surface area (Å²) in [5.74, 6) is 0.310. The summed E-state index contributed by atoms with van der Waals surface area (Å²) in [7, 11) is 0. The van der Waals surface area contributed by atoms with Gasteiger partial charge in [0.05, 0.1) is 12.5 Å². The van der Waals surface area contributed by atoms with Gasteiger partial charge in [0.1, 0.15) is 5.52 Å². The van der Waals surface area contributed by atoms with Crippen molar-refractivity contribution in [2.75, 3.05) is 5.32 Å². The molecule has 6 nitrogen and oxygen atoms in total. The molecule has 1 aliphatic heterocycles. The van der Waals surface area contributed by atoms with Crippen molar-refractivity contribution in [2.24, 2.45) is 0 Å². The van der Waals surface area contributed by atoms with Gasteiger partial charge in [-0.2, -0.15) is 0 Å². The number of fused-ring (bicyclic) bond motifs is 2. The second kappa shape index (κ2) is 6.72. The zero-order valence-corrected chi connectivity index (χ0v) is 15.1. The van der Waals surface area contributed by atoms with Crippen molar-refractivity contribution in [3.05, 3.63) is 65.7 Å². The Morgan fingerprint density at radius 3 is 2.85 bits per heavy atom. The highest BCUT2D eigenvalue weighted by atomic mass is 16.3. The third-order valence-corrected chi connectivity index (χ3v) is 4.63. The smallest absolute Gasteiger partial charge is 0.226 e. The number of anilines is 1. The van der Waals surface area contributed by atoms with Gasteiger partial charge < -0.3 is 14.6 Å². The molecule has 0 spiro atoms. The highest BCUT2D eigenvalue weighted by molar-refractivity contribution is 5.93. The fraction of sp³-hybridized carbons (Fsp3) is 0.190. The Kier molecular flexibility index (Phi) is 4.24. The van der Waals surface area contributed by atoms with Crippen LogP contribution in [0.4, 0.5) is 5.69 Å². The first kappa shape index (κ1) is 17.0. The minimum atomic E-state index is -0.332. The molecule has 6 heteroatoms. The van der Waals surface area contributed by atoms with Crippen LogP contribution in [0.25, 0.3) is 17.2 Å². The van der Waals surface area contributed by atoms with Crippen LogP contribution >= 0.6 is 0 Å². The highest BCUT2D eigenvalue weighted by Crippen LogP contribution is 2.33. The van der Waals surface area contributed by atoms with Crippen LogP contribution < -0.4 is 5.32 Å².